The SMILES string of the molecule is Cc1cc(C(C)Nc2ccccc2C(=O)O)c2nc(-c3ccc(Cl)cc3F)c(C)c(=O)n2c1. The summed E-state index contributed by atoms with van der Waals surface area (Å²) >= 11 is 5.89. The van der Waals surface area contributed by atoms with Crippen molar-refractivity contribution in [2.45, 2.75) is 26.8 Å². The Hall–Kier alpha value is -3.71. The van der Waals surface area contributed by atoms with Gasteiger partial charge in [-0.05, 0) is 62.7 Å². The maximum atomic E-state index is 14.7. The number of nitrogens with one attached hydrogen (secondary N) is 1. The van der Waals surface area contributed by atoms with E-state index in [1.807, 2.05) is 19.9 Å². The molecule has 0 spiro atoms. The molecule has 0 aliphatic heterocycles. The van der Waals surface area contributed by atoms with Crippen LogP contribution in [-0.2, 0) is 0 Å². The summed E-state index contributed by atoms with van der Waals surface area (Å²) in [4.78, 5) is 29.5. The molecule has 0 radical (unpaired) electrons. The van der Waals surface area contributed by atoms with Crippen LogP contribution in [0.4, 0.5) is 10.1 Å². The molecule has 2 aromatic carbocycles. The average molecular weight is 466 g/mol. The molecule has 0 fully saturated rings. The molecule has 2 N–H and O–H groups in total. The van der Waals surface area contributed by atoms with Gasteiger partial charge in [0, 0.05) is 33.6 Å². The number of aromatic carboxylic acids is 1. The third-order valence-electron chi connectivity index (χ3n) is 5.50. The van der Waals surface area contributed by atoms with Crippen molar-refractivity contribution in [3.8, 4) is 11.3 Å². The van der Waals surface area contributed by atoms with E-state index in [4.69, 9.17) is 11.6 Å². The number of rotatable bonds is 5. The fourth-order valence-corrected chi connectivity index (χ4v) is 4.02. The summed E-state index contributed by atoms with van der Waals surface area (Å²) in [5.74, 6) is -1.62. The van der Waals surface area contributed by atoms with Gasteiger partial charge in [-0.3, -0.25) is 9.20 Å². The molecular formula is C25H21ClFN3O3. The van der Waals surface area contributed by atoms with Gasteiger partial charge in [-0.15, -0.1) is 0 Å². The highest BCUT2D eigenvalue weighted by atomic mass is 35.5. The Morgan fingerprint density at radius 1 is 1.18 bits per heavy atom. The summed E-state index contributed by atoms with van der Waals surface area (Å²) in [6.07, 6.45) is 1.68. The van der Waals surface area contributed by atoms with E-state index in [1.54, 1.807) is 37.4 Å². The molecule has 0 aliphatic rings. The summed E-state index contributed by atoms with van der Waals surface area (Å²) in [5.41, 5.74) is 2.83. The van der Waals surface area contributed by atoms with Gasteiger partial charge < -0.3 is 10.4 Å². The van der Waals surface area contributed by atoms with Crippen molar-refractivity contribution < 1.29 is 14.3 Å². The lowest BCUT2D eigenvalue weighted by Crippen LogP contribution is -2.22. The normalized spacial score (nSPS) is 12.0. The van der Waals surface area contributed by atoms with E-state index < -0.39 is 17.8 Å². The molecule has 8 heteroatoms. The van der Waals surface area contributed by atoms with Crippen LogP contribution in [0.2, 0.25) is 5.02 Å². The third-order valence-corrected chi connectivity index (χ3v) is 5.73. The molecular weight excluding hydrogens is 445 g/mol. The van der Waals surface area contributed by atoms with Gasteiger partial charge in [0.2, 0.25) is 0 Å². The zero-order chi connectivity index (χ0) is 23.9. The van der Waals surface area contributed by atoms with Gasteiger partial charge in [0.1, 0.15) is 11.5 Å². The minimum absolute atomic E-state index is 0.131. The topological polar surface area (TPSA) is 83.7 Å². The van der Waals surface area contributed by atoms with Gasteiger partial charge in [-0.2, -0.15) is 0 Å². The summed E-state index contributed by atoms with van der Waals surface area (Å²) in [6, 6.07) is 12.3. The number of carboxylic acid groups (broad SMARTS) is 1. The van der Waals surface area contributed by atoms with Crippen molar-refractivity contribution in [3.63, 3.8) is 0 Å². The maximum Gasteiger partial charge on any atom is 0.337 e. The molecule has 4 rings (SSSR count). The molecule has 1 atom stereocenters. The first kappa shape index (κ1) is 22.5. The molecule has 2 aromatic heterocycles. The lowest BCUT2D eigenvalue weighted by molar-refractivity contribution is 0.0698. The largest absolute Gasteiger partial charge is 0.478 e. The minimum atomic E-state index is -1.05. The van der Waals surface area contributed by atoms with Gasteiger partial charge in [0.15, 0.2) is 0 Å². The molecule has 4 aromatic rings. The Kier molecular flexibility index (Phi) is 5.91. The number of anilines is 1. The van der Waals surface area contributed by atoms with E-state index in [-0.39, 0.29) is 27.4 Å². The maximum absolute atomic E-state index is 14.7. The standard InChI is InChI=1S/C25H21ClFN3O3/c1-13-10-19(15(3)28-21-7-5-4-6-18(21)25(32)33)23-29-22(14(2)24(31)30(23)12-13)17-9-8-16(26)11-20(17)27/h4-12,15,28H,1-3H3,(H,32,33). The second kappa shape index (κ2) is 8.67. The number of fused-ring (bicyclic) bond motifs is 1. The molecule has 0 saturated heterocycles. The molecule has 0 saturated carbocycles. The van der Waals surface area contributed by atoms with Crippen molar-refractivity contribution in [2.24, 2.45) is 0 Å². The van der Waals surface area contributed by atoms with Crippen molar-refractivity contribution in [1.29, 1.82) is 0 Å². The Balaban J connectivity index is 1.91. The van der Waals surface area contributed by atoms with E-state index >= 15 is 0 Å². The molecule has 0 aliphatic carbocycles. The minimum Gasteiger partial charge on any atom is -0.478 e. The number of nitrogens with zero attached hydrogens (tertiary/aromatic N) is 2. The quantitative estimate of drug-likeness (QED) is 0.398. The Bertz CT molecular complexity index is 1470. The van der Waals surface area contributed by atoms with E-state index in [2.05, 4.69) is 10.3 Å². The van der Waals surface area contributed by atoms with Crippen LogP contribution in [0.25, 0.3) is 16.9 Å². The average Bonchev–Trinajstić information content (AvgIpc) is 2.76. The fourth-order valence-electron chi connectivity index (χ4n) is 3.86. The Morgan fingerprint density at radius 2 is 1.91 bits per heavy atom. The fraction of sp³-hybridized carbons (Fsp3) is 0.160. The predicted molar refractivity (Wildman–Crippen MR) is 127 cm³/mol. The first-order valence-corrected chi connectivity index (χ1v) is 10.6. The lowest BCUT2D eigenvalue weighted by atomic mass is 10.0. The van der Waals surface area contributed by atoms with Gasteiger partial charge >= 0.3 is 5.97 Å². The van der Waals surface area contributed by atoms with Crippen molar-refractivity contribution in [2.75, 3.05) is 5.32 Å². The van der Waals surface area contributed by atoms with Gasteiger partial charge in [0.05, 0.1) is 17.3 Å². The van der Waals surface area contributed by atoms with Gasteiger partial charge in [-0.1, -0.05) is 23.7 Å². The van der Waals surface area contributed by atoms with E-state index in [0.717, 1.165) is 5.56 Å². The van der Waals surface area contributed by atoms with Crippen LogP contribution in [0.5, 0.6) is 0 Å². The lowest BCUT2D eigenvalue weighted by Gasteiger charge is -2.20. The number of hydrogen-bond donors (Lipinski definition) is 2. The highest BCUT2D eigenvalue weighted by molar-refractivity contribution is 6.30. The molecule has 2 heterocycles. The summed E-state index contributed by atoms with van der Waals surface area (Å²) in [7, 11) is 0. The van der Waals surface area contributed by atoms with E-state index in [0.29, 0.717) is 22.5 Å². The number of benzene rings is 2. The summed E-state index contributed by atoms with van der Waals surface area (Å²) < 4.78 is 16.1. The molecule has 1 unspecified atom stereocenters. The van der Waals surface area contributed by atoms with E-state index in [9.17, 15) is 19.1 Å². The summed E-state index contributed by atoms with van der Waals surface area (Å²) in [5, 5.41) is 13.0. The van der Waals surface area contributed by atoms with Crippen LogP contribution < -0.4 is 10.9 Å². The molecule has 0 amide bonds. The number of pyridine rings is 1. The second-order valence-electron chi connectivity index (χ2n) is 7.90. The van der Waals surface area contributed by atoms with Crippen LogP contribution in [0.3, 0.4) is 0 Å². The zero-order valence-electron chi connectivity index (χ0n) is 18.2. The van der Waals surface area contributed by atoms with E-state index in [1.165, 1.54) is 22.6 Å². The smallest absolute Gasteiger partial charge is 0.337 e. The van der Waals surface area contributed by atoms with Crippen LogP contribution in [0, 0.1) is 19.7 Å². The number of aromatic nitrogens is 2. The second-order valence-corrected chi connectivity index (χ2v) is 8.33. The van der Waals surface area contributed by atoms with Crippen LogP contribution in [-0.4, -0.2) is 20.5 Å². The number of para-hydroxylation sites is 1. The first-order chi connectivity index (χ1) is 15.7. The highest BCUT2D eigenvalue weighted by Crippen LogP contribution is 2.29. The molecule has 0 bridgehead atoms. The van der Waals surface area contributed by atoms with Gasteiger partial charge in [-0.25, -0.2) is 14.2 Å². The number of carboxylic acids is 1. The Morgan fingerprint density at radius 3 is 2.61 bits per heavy atom. The van der Waals surface area contributed by atoms with Gasteiger partial charge in [0.25, 0.3) is 5.56 Å². The number of hydrogen-bond acceptors (Lipinski definition) is 4. The zero-order valence-corrected chi connectivity index (χ0v) is 18.9. The highest BCUT2D eigenvalue weighted by Gasteiger charge is 2.20. The van der Waals surface area contributed by atoms with Crippen LogP contribution in [0.1, 0.15) is 40.0 Å². The molecule has 33 heavy (non-hydrogen) atoms. The monoisotopic (exact) mass is 465 g/mol. The summed E-state index contributed by atoms with van der Waals surface area (Å²) in [6.45, 7) is 5.31. The Labute approximate surface area is 194 Å². The molecule has 168 valence electrons. The van der Waals surface area contributed by atoms with Crippen LogP contribution >= 0.6 is 11.6 Å². The number of halogens is 2. The number of aryl methyl sites for hydroxylation is 1. The molecule has 6 nitrogen and oxygen atoms in total. The first-order valence-electron chi connectivity index (χ1n) is 10.2. The van der Waals surface area contributed by atoms with Crippen LogP contribution in [0.15, 0.2) is 59.5 Å². The van der Waals surface area contributed by atoms with Crippen molar-refractivity contribution in [3.05, 3.63) is 98.2 Å². The number of carbonyl (C=O) groups is 1. The predicted octanol–water partition coefficient (Wildman–Crippen LogP) is 5.64. The van der Waals surface area contributed by atoms with Crippen molar-refractivity contribution in [1.82, 2.24) is 9.38 Å². The van der Waals surface area contributed by atoms with Crippen molar-refractivity contribution >= 4 is 28.9 Å². The third kappa shape index (κ3) is 4.19.